The standard InChI is InChI=1S/C25H22FN5O2/c1-2-33-14-13-28-22-12-11-21(24(26)29-22)23-19-5-3-4-6-20(19)25(32)31(30-23)16-18-9-7-17(15-27)8-10-18/h3-12H,2,13-14,16H2,1H3,(H,28,29). The Balaban J connectivity index is 1.73. The van der Waals surface area contributed by atoms with E-state index in [2.05, 4.69) is 21.5 Å². The van der Waals surface area contributed by atoms with Crippen LogP contribution in [0.2, 0.25) is 0 Å². The average molecular weight is 443 g/mol. The molecule has 2 heterocycles. The minimum absolute atomic E-state index is 0.189. The van der Waals surface area contributed by atoms with E-state index >= 15 is 4.39 Å². The molecule has 0 aliphatic heterocycles. The highest BCUT2D eigenvalue weighted by molar-refractivity contribution is 5.93. The summed E-state index contributed by atoms with van der Waals surface area (Å²) in [5.41, 5.74) is 1.60. The number of nitriles is 1. The van der Waals surface area contributed by atoms with Crippen molar-refractivity contribution in [1.82, 2.24) is 14.8 Å². The highest BCUT2D eigenvalue weighted by Gasteiger charge is 2.17. The van der Waals surface area contributed by atoms with Gasteiger partial charge in [-0.15, -0.1) is 0 Å². The van der Waals surface area contributed by atoms with Gasteiger partial charge in [0.15, 0.2) is 0 Å². The fourth-order valence-corrected chi connectivity index (χ4v) is 3.50. The van der Waals surface area contributed by atoms with Gasteiger partial charge in [0.25, 0.3) is 5.56 Å². The fourth-order valence-electron chi connectivity index (χ4n) is 3.50. The zero-order valence-corrected chi connectivity index (χ0v) is 18.1. The van der Waals surface area contributed by atoms with Crippen molar-refractivity contribution in [3.63, 3.8) is 0 Å². The van der Waals surface area contributed by atoms with Crippen LogP contribution in [0.15, 0.2) is 65.5 Å². The third kappa shape index (κ3) is 4.89. The van der Waals surface area contributed by atoms with Crippen molar-refractivity contribution in [3.8, 4) is 17.3 Å². The maximum atomic E-state index is 15.0. The van der Waals surface area contributed by atoms with E-state index in [1.807, 2.05) is 6.92 Å². The number of rotatable bonds is 8. The lowest BCUT2D eigenvalue weighted by molar-refractivity contribution is 0.158. The number of aromatic nitrogens is 3. The Hall–Kier alpha value is -4.09. The van der Waals surface area contributed by atoms with Crippen molar-refractivity contribution in [2.24, 2.45) is 0 Å². The Morgan fingerprint density at radius 2 is 1.85 bits per heavy atom. The summed E-state index contributed by atoms with van der Waals surface area (Å²) in [6.07, 6.45) is 0. The quantitative estimate of drug-likeness (QED) is 0.327. The highest BCUT2D eigenvalue weighted by Crippen LogP contribution is 2.27. The zero-order valence-electron chi connectivity index (χ0n) is 18.1. The van der Waals surface area contributed by atoms with E-state index < -0.39 is 5.95 Å². The van der Waals surface area contributed by atoms with Crippen LogP contribution in [0.25, 0.3) is 22.0 Å². The van der Waals surface area contributed by atoms with Crippen LogP contribution in [-0.4, -0.2) is 34.5 Å². The molecule has 0 amide bonds. The summed E-state index contributed by atoms with van der Waals surface area (Å²) < 4.78 is 21.6. The molecule has 0 aliphatic rings. The molecule has 0 saturated heterocycles. The van der Waals surface area contributed by atoms with E-state index in [9.17, 15) is 4.79 Å². The molecule has 0 unspecified atom stereocenters. The largest absolute Gasteiger partial charge is 0.380 e. The van der Waals surface area contributed by atoms with E-state index in [4.69, 9.17) is 10.00 Å². The summed E-state index contributed by atoms with van der Waals surface area (Å²) in [5.74, 6) is -0.288. The minimum atomic E-state index is -0.683. The smallest absolute Gasteiger partial charge is 0.274 e. The number of nitrogens with zero attached hydrogens (tertiary/aromatic N) is 4. The Morgan fingerprint density at radius 3 is 2.55 bits per heavy atom. The van der Waals surface area contributed by atoms with Crippen LogP contribution in [0.1, 0.15) is 18.1 Å². The second-order valence-corrected chi connectivity index (χ2v) is 7.32. The van der Waals surface area contributed by atoms with Crippen molar-refractivity contribution in [2.45, 2.75) is 13.5 Å². The van der Waals surface area contributed by atoms with Gasteiger partial charge in [-0.3, -0.25) is 4.79 Å². The molecular weight excluding hydrogens is 421 g/mol. The average Bonchev–Trinajstić information content (AvgIpc) is 2.84. The summed E-state index contributed by atoms with van der Waals surface area (Å²) in [5, 5.41) is 17.5. The van der Waals surface area contributed by atoms with Gasteiger partial charge in [-0.05, 0) is 42.8 Å². The number of hydrogen-bond acceptors (Lipinski definition) is 6. The first-order chi connectivity index (χ1) is 16.1. The highest BCUT2D eigenvalue weighted by atomic mass is 19.1. The third-order valence-electron chi connectivity index (χ3n) is 5.14. The van der Waals surface area contributed by atoms with Gasteiger partial charge in [-0.1, -0.05) is 30.3 Å². The molecule has 8 heteroatoms. The first-order valence-corrected chi connectivity index (χ1v) is 10.6. The van der Waals surface area contributed by atoms with Crippen LogP contribution < -0.4 is 10.9 Å². The molecule has 0 spiro atoms. The molecule has 2 aromatic carbocycles. The number of fused-ring (bicyclic) bond motifs is 1. The molecule has 1 N–H and O–H groups in total. The molecule has 0 fully saturated rings. The molecule has 4 rings (SSSR count). The fraction of sp³-hybridized carbons (Fsp3) is 0.200. The van der Waals surface area contributed by atoms with E-state index in [1.54, 1.807) is 60.7 Å². The number of ether oxygens (including phenoxy) is 1. The Morgan fingerprint density at radius 1 is 1.09 bits per heavy atom. The Kier molecular flexibility index (Phi) is 6.72. The van der Waals surface area contributed by atoms with Gasteiger partial charge in [0.05, 0.1) is 35.7 Å². The van der Waals surface area contributed by atoms with Crippen molar-refractivity contribution in [2.75, 3.05) is 25.1 Å². The molecule has 0 bridgehead atoms. The molecule has 7 nitrogen and oxygen atoms in total. The first-order valence-electron chi connectivity index (χ1n) is 10.6. The molecule has 0 radical (unpaired) electrons. The van der Waals surface area contributed by atoms with Crippen molar-refractivity contribution >= 4 is 16.6 Å². The number of nitrogens with one attached hydrogen (secondary N) is 1. The van der Waals surface area contributed by atoms with Gasteiger partial charge in [-0.2, -0.15) is 14.8 Å². The van der Waals surface area contributed by atoms with Crippen molar-refractivity contribution < 1.29 is 9.13 Å². The number of halogens is 1. The maximum absolute atomic E-state index is 15.0. The van der Waals surface area contributed by atoms with E-state index in [0.717, 1.165) is 5.56 Å². The summed E-state index contributed by atoms with van der Waals surface area (Å²) in [7, 11) is 0. The number of benzene rings is 2. The maximum Gasteiger partial charge on any atom is 0.274 e. The molecule has 33 heavy (non-hydrogen) atoms. The summed E-state index contributed by atoms with van der Waals surface area (Å²) >= 11 is 0. The lowest BCUT2D eigenvalue weighted by Gasteiger charge is -2.13. The molecule has 4 aromatic rings. The predicted octanol–water partition coefficient (Wildman–Crippen LogP) is 3.97. The van der Waals surface area contributed by atoms with Crippen LogP contribution in [0.3, 0.4) is 0 Å². The normalized spacial score (nSPS) is 10.8. The summed E-state index contributed by atoms with van der Waals surface area (Å²) in [4.78, 5) is 17.1. The molecular formula is C25H22FN5O2. The van der Waals surface area contributed by atoms with Crippen LogP contribution >= 0.6 is 0 Å². The SMILES string of the molecule is CCOCCNc1ccc(-c2nn(Cc3ccc(C#N)cc3)c(=O)c3ccccc23)c(F)n1. The van der Waals surface area contributed by atoms with E-state index in [1.165, 1.54) is 4.68 Å². The van der Waals surface area contributed by atoms with Gasteiger partial charge in [0.2, 0.25) is 5.95 Å². The van der Waals surface area contributed by atoms with Crippen LogP contribution in [0.5, 0.6) is 0 Å². The second kappa shape index (κ2) is 10.0. The van der Waals surface area contributed by atoms with Crippen molar-refractivity contribution in [1.29, 1.82) is 5.26 Å². The lowest BCUT2D eigenvalue weighted by Crippen LogP contribution is -2.24. The Bertz CT molecular complexity index is 1380. The number of pyridine rings is 1. The Labute approximate surface area is 190 Å². The van der Waals surface area contributed by atoms with Gasteiger partial charge in [-0.25, -0.2) is 9.67 Å². The van der Waals surface area contributed by atoms with Crippen LogP contribution in [-0.2, 0) is 11.3 Å². The molecule has 0 saturated carbocycles. The molecule has 0 aliphatic carbocycles. The number of hydrogen-bond donors (Lipinski definition) is 1. The van der Waals surface area contributed by atoms with E-state index in [-0.39, 0.29) is 17.7 Å². The topological polar surface area (TPSA) is 92.8 Å². The lowest BCUT2D eigenvalue weighted by atomic mass is 10.1. The monoisotopic (exact) mass is 443 g/mol. The molecule has 2 aromatic heterocycles. The van der Waals surface area contributed by atoms with Gasteiger partial charge >= 0.3 is 0 Å². The number of anilines is 1. The van der Waals surface area contributed by atoms with E-state index in [0.29, 0.717) is 47.6 Å². The van der Waals surface area contributed by atoms with Crippen LogP contribution in [0, 0.1) is 17.3 Å². The van der Waals surface area contributed by atoms with Crippen LogP contribution in [0.4, 0.5) is 10.2 Å². The summed E-state index contributed by atoms with van der Waals surface area (Å²) in [6, 6.07) is 19.3. The predicted molar refractivity (Wildman–Crippen MR) is 124 cm³/mol. The van der Waals surface area contributed by atoms with Gasteiger partial charge in [0.1, 0.15) is 11.5 Å². The van der Waals surface area contributed by atoms with Gasteiger partial charge in [0, 0.05) is 18.5 Å². The zero-order chi connectivity index (χ0) is 23.2. The molecule has 0 atom stereocenters. The molecule has 166 valence electrons. The second-order valence-electron chi connectivity index (χ2n) is 7.32. The summed E-state index contributed by atoms with van der Waals surface area (Å²) in [6.45, 7) is 3.71. The third-order valence-corrected chi connectivity index (χ3v) is 5.14. The first kappa shape index (κ1) is 22.1. The van der Waals surface area contributed by atoms with Crippen molar-refractivity contribution in [3.05, 3.63) is 88.1 Å². The van der Waals surface area contributed by atoms with Gasteiger partial charge < -0.3 is 10.1 Å². The minimum Gasteiger partial charge on any atom is -0.380 e.